The van der Waals surface area contributed by atoms with Crippen molar-refractivity contribution in [2.45, 2.75) is 84.8 Å². The van der Waals surface area contributed by atoms with E-state index < -0.39 is 46.6 Å². The fourth-order valence-electron chi connectivity index (χ4n) is 5.57. The molecule has 0 fully saturated rings. The SMILES string of the molecule is COC(=O)C(C)(C)Cc1cnc(OC)c(C2=C(CN[C@@H](C)[C@H](O)c3cc(C(F)(F)F)cc(C(F)(F)F)c3)CC(C)(C)CC2)c1. The monoisotopic (exact) mass is 630 g/mol. The number of alkyl halides is 6. The van der Waals surface area contributed by atoms with E-state index in [2.05, 4.69) is 24.1 Å². The number of nitrogens with one attached hydrogen (secondary N) is 1. The van der Waals surface area contributed by atoms with Crippen molar-refractivity contribution in [3.05, 3.63) is 63.9 Å². The van der Waals surface area contributed by atoms with Gasteiger partial charge in [-0.1, -0.05) is 19.4 Å². The van der Waals surface area contributed by atoms with Crippen LogP contribution >= 0.6 is 0 Å². The van der Waals surface area contributed by atoms with Crippen LogP contribution in [0.15, 0.2) is 36.0 Å². The summed E-state index contributed by atoms with van der Waals surface area (Å²) in [6.45, 7) is 9.47. The molecule has 0 amide bonds. The minimum absolute atomic E-state index is 0.0390. The van der Waals surface area contributed by atoms with E-state index in [0.717, 1.165) is 28.7 Å². The standard InChI is InChI=1S/C32H40F6N2O4/c1-18(26(41)20-11-22(31(33,34)35)13-23(12-20)32(36,37)38)39-17-21-15-29(2,3)9-8-24(21)25-10-19(16-40-27(25)43-6)14-30(4,5)28(42)44-7/h10-13,16,18,26,39,41H,8-9,14-15,17H2,1-7H3/t18-,26-/m0/s1. The van der Waals surface area contributed by atoms with Gasteiger partial charge in [0.25, 0.3) is 0 Å². The van der Waals surface area contributed by atoms with E-state index in [1.54, 1.807) is 20.0 Å². The highest BCUT2D eigenvalue weighted by atomic mass is 19.4. The van der Waals surface area contributed by atoms with E-state index in [9.17, 15) is 36.2 Å². The third kappa shape index (κ3) is 8.53. The fraction of sp³-hybridized carbons (Fsp3) is 0.562. The normalized spacial score (nSPS) is 17.3. The van der Waals surface area contributed by atoms with E-state index in [-0.39, 0.29) is 24.0 Å². The van der Waals surface area contributed by atoms with Crippen LogP contribution in [0.1, 0.15) is 87.8 Å². The number of hydrogen-bond acceptors (Lipinski definition) is 6. The number of hydrogen-bond donors (Lipinski definition) is 2. The number of ether oxygens (including phenoxy) is 2. The van der Waals surface area contributed by atoms with Crippen molar-refractivity contribution in [3.63, 3.8) is 0 Å². The van der Waals surface area contributed by atoms with Gasteiger partial charge in [-0.05, 0) is 92.8 Å². The number of nitrogens with zero attached hydrogens (tertiary/aromatic N) is 1. The summed E-state index contributed by atoms with van der Waals surface area (Å²) in [5.41, 5.74) is -0.938. The Bertz CT molecular complexity index is 1350. The minimum Gasteiger partial charge on any atom is -0.481 e. The number of rotatable bonds is 10. The second-order valence-electron chi connectivity index (χ2n) is 12.8. The molecule has 44 heavy (non-hydrogen) atoms. The highest BCUT2D eigenvalue weighted by Crippen LogP contribution is 2.44. The molecule has 0 saturated carbocycles. The second-order valence-corrected chi connectivity index (χ2v) is 12.8. The first-order valence-electron chi connectivity index (χ1n) is 14.2. The first-order chi connectivity index (χ1) is 20.2. The molecule has 3 rings (SSSR count). The average molecular weight is 631 g/mol. The molecule has 0 radical (unpaired) electrons. The predicted octanol–water partition coefficient (Wildman–Crippen LogP) is 7.54. The molecule has 0 unspecified atom stereocenters. The summed E-state index contributed by atoms with van der Waals surface area (Å²) in [7, 11) is 2.83. The number of halogens is 6. The number of allylic oxidation sites excluding steroid dienone is 1. The maximum absolute atomic E-state index is 13.4. The molecule has 6 nitrogen and oxygen atoms in total. The van der Waals surface area contributed by atoms with Gasteiger partial charge in [0, 0.05) is 24.3 Å². The zero-order chi connectivity index (χ0) is 33.3. The van der Waals surface area contributed by atoms with Gasteiger partial charge in [0.15, 0.2) is 0 Å². The van der Waals surface area contributed by atoms with Crippen LogP contribution in [-0.4, -0.2) is 42.9 Å². The van der Waals surface area contributed by atoms with Crippen molar-refractivity contribution >= 4 is 11.5 Å². The number of benzene rings is 1. The summed E-state index contributed by atoms with van der Waals surface area (Å²) >= 11 is 0. The third-order valence-electron chi connectivity index (χ3n) is 8.04. The topological polar surface area (TPSA) is 80.7 Å². The van der Waals surface area contributed by atoms with Gasteiger partial charge in [0.05, 0.1) is 36.9 Å². The Labute approximate surface area is 253 Å². The van der Waals surface area contributed by atoms with Gasteiger partial charge in [-0.2, -0.15) is 26.3 Å². The Morgan fingerprint density at radius 1 is 1.05 bits per heavy atom. The van der Waals surface area contributed by atoms with Crippen LogP contribution in [-0.2, 0) is 28.3 Å². The molecule has 1 heterocycles. The minimum atomic E-state index is -5.02. The maximum atomic E-state index is 13.4. The van der Waals surface area contributed by atoms with E-state index in [1.165, 1.54) is 21.1 Å². The van der Waals surface area contributed by atoms with Gasteiger partial charge >= 0.3 is 18.3 Å². The maximum Gasteiger partial charge on any atom is 0.416 e. The molecule has 244 valence electrons. The number of pyridine rings is 1. The summed E-state index contributed by atoms with van der Waals surface area (Å²) < 4.78 is 90.9. The van der Waals surface area contributed by atoms with Crippen LogP contribution < -0.4 is 10.1 Å². The van der Waals surface area contributed by atoms with Crippen molar-refractivity contribution in [1.29, 1.82) is 0 Å². The molecule has 2 aromatic rings. The summed E-state index contributed by atoms with van der Waals surface area (Å²) in [4.78, 5) is 16.8. The number of aromatic nitrogens is 1. The summed E-state index contributed by atoms with van der Waals surface area (Å²) in [6, 6.07) is 2.15. The lowest BCUT2D eigenvalue weighted by Gasteiger charge is -2.35. The molecule has 12 heteroatoms. The summed E-state index contributed by atoms with van der Waals surface area (Å²) in [5.74, 6) is 0.0163. The van der Waals surface area contributed by atoms with Crippen LogP contribution in [0, 0.1) is 10.8 Å². The molecular formula is C32H40F6N2O4. The van der Waals surface area contributed by atoms with Crippen molar-refractivity contribution in [2.24, 2.45) is 10.8 Å². The molecule has 0 spiro atoms. The number of methoxy groups -OCH3 is 2. The van der Waals surface area contributed by atoms with Gasteiger partial charge in [-0.15, -0.1) is 0 Å². The third-order valence-corrected chi connectivity index (χ3v) is 8.04. The van der Waals surface area contributed by atoms with Crippen LogP contribution in [0.25, 0.3) is 5.57 Å². The average Bonchev–Trinajstić information content (AvgIpc) is 2.93. The van der Waals surface area contributed by atoms with Crippen molar-refractivity contribution in [3.8, 4) is 5.88 Å². The lowest BCUT2D eigenvalue weighted by molar-refractivity contribution is -0.150. The van der Waals surface area contributed by atoms with Gasteiger partial charge in [0.1, 0.15) is 0 Å². The quantitative estimate of drug-likeness (QED) is 0.209. The number of carbonyl (C=O) groups is 1. The van der Waals surface area contributed by atoms with E-state index in [4.69, 9.17) is 9.47 Å². The molecule has 2 N–H and O–H groups in total. The zero-order valence-electron chi connectivity index (χ0n) is 26.0. The molecule has 0 aliphatic heterocycles. The molecule has 1 aromatic carbocycles. The van der Waals surface area contributed by atoms with Crippen LogP contribution in [0.5, 0.6) is 5.88 Å². The fourth-order valence-corrected chi connectivity index (χ4v) is 5.57. The molecular weight excluding hydrogens is 590 g/mol. The Hall–Kier alpha value is -3.12. The first kappa shape index (κ1) is 35.4. The molecule has 1 aliphatic rings. The number of carbonyl (C=O) groups excluding carboxylic acids is 1. The zero-order valence-corrected chi connectivity index (χ0v) is 26.0. The van der Waals surface area contributed by atoms with E-state index in [0.29, 0.717) is 37.3 Å². The van der Waals surface area contributed by atoms with Crippen LogP contribution in [0.2, 0.25) is 0 Å². The largest absolute Gasteiger partial charge is 0.481 e. The van der Waals surface area contributed by atoms with Crippen molar-refractivity contribution in [1.82, 2.24) is 10.3 Å². The van der Waals surface area contributed by atoms with E-state index in [1.807, 2.05) is 6.07 Å². The number of esters is 1. The lowest BCUT2D eigenvalue weighted by Crippen LogP contribution is -2.35. The van der Waals surface area contributed by atoms with Gasteiger partial charge in [-0.3, -0.25) is 4.79 Å². The Morgan fingerprint density at radius 3 is 2.16 bits per heavy atom. The number of aliphatic hydroxyl groups excluding tert-OH is 1. The number of aliphatic hydroxyl groups is 1. The van der Waals surface area contributed by atoms with Gasteiger partial charge < -0.3 is 19.9 Å². The lowest BCUT2D eigenvalue weighted by atomic mass is 9.72. The van der Waals surface area contributed by atoms with Gasteiger partial charge in [0.2, 0.25) is 5.88 Å². The highest BCUT2D eigenvalue weighted by Gasteiger charge is 2.38. The van der Waals surface area contributed by atoms with Crippen LogP contribution in [0.3, 0.4) is 0 Å². The molecule has 1 aromatic heterocycles. The van der Waals surface area contributed by atoms with Crippen molar-refractivity contribution < 1.29 is 45.7 Å². The smallest absolute Gasteiger partial charge is 0.416 e. The predicted molar refractivity (Wildman–Crippen MR) is 154 cm³/mol. The molecule has 0 bridgehead atoms. The van der Waals surface area contributed by atoms with E-state index >= 15 is 0 Å². The Balaban J connectivity index is 1.96. The van der Waals surface area contributed by atoms with Crippen molar-refractivity contribution in [2.75, 3.05) is 20.8 Å². The van der Waals surface area contributed by atoms with Crippen LogP contribution in [0.4, 0.5) is 26.3 Å². The summed E-state index contributed by atoms with van der Waals surface area (Å²) in [6.07, 6.45) is -7.56. The highest BCUT2D eigenvalue weighted by molar-refractivity contribution is 5.77. The Kier molecular flexibility index (Phi) is 10.5. The molecule has 2 atom stereocenters. The van der Waals surface area contributed by atoms with Gasteiger partial charge in [-0.25, -0.2) is 4.98 Å². The summed E-state index contributed by atoms with van der Waals surface area (Å²) in [5, 5.41) is 14.0. The molecule has 0 saturated heterocycles. The Morgan fingerprint density at radius 2 is 1.64 bits per heavy atom. The first-order valence-corrected chi connectivity index (χ1v) is 14.2. The molecule has 1 aliphatic carbocycles. The second kappa shape index (κ2) is 13.1.